The maximum atomic E-state index is 13.4. The molecule has 0 spiro atoms. The standard InChI is InChI=1S/C17H13F3N4O/c1-2-7-21-17(25)12-9-22-24-14(15(19)20)8-13(23-16(12)24)10-3-5-11(18)6-4-10/h2-6,8-9,15H,1,7H2,(H,21,25). The smallest absolute Gasteiger partial charge is 0.280 e. The van der Waals surface area contributed by atoms with Gasteiger partial charge in [0.05, 0.1) is 11.9 Å². The first-order valence-electron chi connectivity index (χ1n) is 7.33. The highest BCUT2D eigenvalue weighted by atomic mass is 19.3. The van der Waals surface area contributed by atoms with Crippen molar-refractivity contribution in [1.82, 2.24) is 19.9 Å². The van der Waals surface area contributed by atoms with Crippen molar-refractivity contribution in [3.05, 3.63) is 66.3 Å². The molecular weight excluding hydrogens is 333 g/mol. The molecule has 0 bridgehead atoms. The van der Waals surface area contributed by atoms with Crippen LogP contribution >= 0.6 is 0 Å². The van der Waals surface area contributed by atoms with Crippen LogP contribution in [0.2, 0.25) is 0 Å². The van der Waals surface area contributed by atoms with E-state index in [2.05, 4.69) is 22.0 Å². The summed E-state index contributed by atoms with van der Waals surface area (Å²) in [7, 11) is 0. The predicted octanol–water partition coefficient (Wildman–Crippen LogP) is 3.39. The minimum absolute atomic E-state index is 0.00122. The van der Waals surface area contributed by atoms with Gasteiger partial charge < -0.3 is 5.32 Å². The first-order valence-corrected chi connectivity index (χ1v) is 7.33. The van der Waals surface area contributed by atoms with Gasteiger partial charge in [0.15, 0.2) is 5.65 Å². The number of rotatable bonds is 5. The van der Waals surface area contributed by atoms with Crippen LogP contribution in [-0.4, -0.2) is 27.0 Å². The molecule has 1 amide bonds. The Labute approximate surface area is 140 Å². The lowest BCUT2D eigenvalue weighted by Gasteiger charge is -2.08. The fourth-order valence-corrected chi connectivity index (χ4v) is 2.33. The van der Waals surface area contributed by atoms with Crippen LogP contribution in [0.15, 0.2) is 49.2 Å². The minimum Gasteiger partial charge on any atom is -0.348 e. The lowest BCUT2D eigenvalue weighted by atomic mass is 10.1. The van der Waals surface area contributed by atoms with Crippen molar-refractivity contribution >= 4 is 11.6 Å². The Morgan fingerprint density at radius 1 is 1.32 bits per heavy atom. The number of hydrogen-bond donors (Lipinski definition) is 1. The van der Waals surface area contributed by atoms with E-state index < -0.39 is 23.8 Å². The predicted molar refractivity (Wildman–Crippen MR) is 85.9 cm³/mol. The van der Waals surface area contributed by atoms with Gasteiger partial charge in [0, 0.05) is 12.1 Å². The number of nitrogens with one attached hydrogen (secondary N) is 1. The number of benzene rings is 1. The molecule has 0 fully saturated rings. The molecule has 2 heterocycles. The minimum atomic E-state index is -2.83. The van der Waals surface area contributed by atoms with Crippen LogP contribution in [0, 0.1) is 5.82 Å². The molecule has 1 N–H and O–H groups in total. The molecule has 0 saturated carbocycles. The van der Waals surface area contributed by atoms with Crippen LogP contribution in [0.5, 0.6) is 0 Å². The molecule has 0 atom stereocenters. The highest BCUT2D eigenvalue weighted by Gasteiger charge is 2.21. The van der Waals surface area contributed by atoms with Gasteiger partial charge >= 0.3 is 0 Å². The molecular formula is C17H13F3N4O. The first-order chi connectivity index (χ1) is 12.0. The number of aromatic nitrogens is 3. The van der Waals surface area contributed by atoms with Gasteiger partial charge in [0.2, 0.25) is 0 Å². The molecule has 0 aliphatic rings. The third-order valence-electron chi connectivity index (χ3n) is 3.51. The van der Waals surface area contributed by atoms with E-state index in [9.17, 15) is 18.0 Å². The maximum Gasteiger partial charge on any atom is 0.280 e. The van der Waals surface area contributed by atoms with Crippen molar-refractivity contribution in [1.29, 1.82) is 0 Å². The molecule has 3 aromatic rings. The highest BCUT2D eigenvalue weighted by molar-refractivity contribution is 6.00. The van der Waals surface area contributed by atoms with Gasteiger partial charge in [-0.1, -0.05) is 6.08 Å². The van der Waals surface area contributed by atoms with E-state index >= 15 is 0 Å². The second kappa shape index (κ2) is 6.76. The molecule has 0 aliphatic carbocycles. The number of carbonyl (C=O) groups excluding carboxylic acids is 1. The van der Waals surface area contributed by atoms with E-state index in [4.69, 9.17) is 0 Å². The summed E-state index contributed by atoms with van der Waals surface area (Å²) in [5.74, 6) is -0.952. The number of carbonyl (C=O) groups is 1. The van der Waals surface area contributed by atoms with Crippen LogP contribution < -0.4 is 5.32 Å². The summed E-state index contributed by atoms with van der Waals surface area (Å²) in [6.45, 7) is 3.71. The molecule has 0 saturated heterocycles. The Kier molecular flexibility index (Phi) is 4.51. The average molecular weight is 346 g/mol. The summed E-state index contributed by atoms with van der Waals surface area (Å²) in [4.78, 5) is 16.4. The quantitative estimate of drug-likeness (QED) is 0.721. The topological polar surface area (TPSA) is 59.3 Å². The third kappa shape index (κ3) is 3.23. The lowest BCUT2D eigenvalue weighted by molar-refractivity contribution is 0.0959. The summed E-state index contributed by atoms with van der Waals surface area (Å²) in [5.41, 5.74) is 0.295. The van der Waals surface area contributed by atoms with E-state index in [1.165, 1.54) is 42.6 Å². The second-order valence-corrected chi connectivity index (χ2v) is 5.17. The number of alkyl halides is 2. The lowest BCUT2D eigenvalue weighted by Crippen LogP contribution is -2.23. The zero-order valence-electron chi connectivity index (χ0n) is 12.9. The molecule has 1 aromatic carbocycles. The normalized spacial score (nSPS) is 11.0. The van der Waals surface area contributed by atoms with Crippen molar-refractivity contribution in [3.63, 3.8) is 0 Å². The summed E-state index contributed by atoms with van der Waals surface area (Å²) in [6, 6.07) is 6.44. The summed E-state index contributed by atoms with van der Waals surface area (Å²) in [5, 5.41) is 6.40. The summed E-state index contributed by atoms with van der Waals surface area (Å²) in [6.07, 6.45) is -0.152. The molecule has 3 rings (SSSR count). The fourth-order valence-electron chi connectivity index (χ4n) is 2.33. The van der Waals surface area contributed by atoms with Crippen LogP contribution in [0.1, 0.15) is 22.5 Å². The van der Waals surface area contributed by atoms with Gasteiger partial charge in [-0.05, 0) is 30.3 Å². The second-order valence-electron chi connectivity index (χ2n) is 5.17. The summed E-state index contributed by atoms with van der Waals surface area (Å²) < 4.78 is 40.8. The number of amides is 1. The zero-order valence-corrected chi connectivity index (χ0v) is 12.9. The van der Waals surface area contributed by atoms with Crippen molar-refractivity contribution in [2.24, 2.45) is 0 Å². The van der Waals surface area contributed by atoms with Gasteiger partial charge in [-0.15, -0.1) is 6.58 Å². The maximum absolute atomic E-state index is 13.4. The van der Waals surface area contributed by atoms with Crippen molar-refractivity contribution in [2.75, 3.05) is 6.54 Å². The van der Waals surface area contributed by atoms with E-state index in [1.54, 1.807) is 0 Å². The van der Waals surface area contributed by atoms with E-state index in [-0.39, 0.29) is 23.4 Å². The van der Waals surface area contributed by atoms with Crippen LogP contribution in [-0.2, 0) is 0 Å². The van der Waals surface area contributed by atoms with Crippen molar-refractivity contribution in [3.8, 4) is 11.3 Å². The number of hydrogen-bond acceptors (Lipinski definition) is 3. The van der Waals surface area contributed by atoms with Crippen LogP contribution in [0.25, 0.3) is 16.9 Å². The number of halogens is 3. The van der Waals surface area contributed by atoms with Crippen molar-refractivity contribution in [2.45, 2.75) is 6.43 Å². The third-order valence-corrected chi connectivity index (χ3v) is 3.51. The molecule has 5 nitrogen and oxygen atoms in total. The first kappa shape index (κ1) is 16.7. The Morgan fingerprint density at radius 3 is 2.68 bits per heavy atom. The van der Waals surface area contributed by atoms with Gasteiger partial charge in [-0.3, -0.25) is 4.79 Å². The molecule has 0 radical (unpaired) electrons. The Morgan fingerprint density at radius 2 is 2.04 bits per heavy atom. The Bertz CT molecular complexity index is 935. The van der Waals surface area contributed by atoms with Gasteiger partial charge in [0.25, 0.3) is 12.3 Å². The van der Waals surface area contributed by atoms with Gasteiger partial charge in [-0.25, -0.2) is 22.7 Å². The molecule has 128 valence electrons. The van der Waals surface area contributed by atoms with E-state index in [1.807, 2.05) is 0 Å². The van der Waals surface area contributed by atoms with Gasteiger partial charge in [-0.2, -0.15) is 5.10 Å². The average Bonchev–Trinajstić information content (AvgIpc) is 3.03. The molecule has 0 aliphatic heterocycles. The Hall–Kier alpha value is -3.16. The van der Waals surface area contributed by atoms with Crippen LogP contribution in [0.4, 0.5) is 13.2 Å². The Balaban J connectivity index is 2.17. The monoisotopic (exact) mass is 346 g/mol. The van der Waals surface area contributed by atoms with E-state index in [0.29, 0.717) is 5.56 Å². The van der Waals surface area contributed by atoms with Gasteiger partial charge in [0.1, 0.15) is 17.1 Å². The SMILES string of the molecule is C=CCNC(=O)c1cnn2c(C(F)F)cc(-c3ccc(F)cc3)nc12. The largest absolute Gasteiger partial charge is 0.348 e. The fraction of sp³-hybridized carbons (Fsp3) is 0.118. The molecule has 25 heavy (non-hydrogen) atoms. The van der Waals surface area contributed by atoms with Crippen molar-refractivity contribution < 1.29 is 18.0 Å². The number of fused-ring (bicyclic) bond motifs is 1. The van der Waals surface area contributed by atoms with Crippen LogP contribution in [0.3, 0.4) is 0 Å². The molecule has 2 aromatic heterocycles. The highest BCUT2D eigenvalue weighted by Crippen LogP contribution is 2.26. The number of nitrogens with zero attached hydrogens (tertiary/aromatic N) is 3. The molecule has 8 heteroatoms. The zero-order chi connectivity index (χ0) is 18.0. The molecule has 0 unspecified atom stereocenters. The van der Waals surface area contributed by atoms with E-state index in [0.717, 1.165) is 4.52 Å². The summed E-state index contributed by atoms with van der Waals surface area (Å²) >= 11 is 0.